The number of halogens is 1. The topological polar surface area (TPSA) is 29.3 Å². The maximum atomic E-state index is 6.11. The predicted octanol–water partition coefficient (Wildman–Crippen LogP) is 3.57. The minimum absolute atomic E-state index is 0.579. The van der Waals surface area contributed by atoms with Crippen LogP contribution in [0.2, 0.25) is 5.02 Å². The van der Waals surface area contributed by atoms with Gasteiger partial charge in [0.05, 0.1) is 0 Å². The summed E-state index contributed by atoms with van der Waals surface area (Å²) in [7, 11) is 0. The molecule has 1 aliphatic rings. The maximum Gasteiger partial charge on any atom is 0.0429 e. The lowest BCUT2D eigenvalue weighted by atomic mass is 10.1. The molecule has 1 aliphatic heterocycles. The van der Waals surface area contributed by atoms with E-state index in [-0.39, 0.29) is 0 Å². The molecule has 0 saturated carbocycles. The molecular weight excluding hydrogens is 232 g/mol. The van der Waals surface area contributed by atoms with Crippen LogP contribution >= 0.6 is 11.6 Å². The molecule has 3 heteroatoms. The number of anilines is 1. The number of hydrogen-bond acceptors (Lipinski definition) is 2. The van der Waals surface area contributed by atoms with Crippen molar-refractivity contribution in [2.75, 3.05) is 11.4 Å². The van der Waals surface area contributed by atoms with Gasteiger partial charge in [-0.3, -0.25) is 0 Å². The zero-order valence-electron chi connectivity index (χ0n) is 10.5. The van der Waals surface area contributed by atoms with Crippen LogP contribution in [0, 0.1) is 0 Å². The molecule has 0 spiro atoms. The molecule has 1 aromatic carbocycles. The Labute approximate surface area is 109 Å². The fraction of sp³-hybridized carbons (Fsp3) is 0.571. The van der Waals surface area contributed by atoms with Gasteiger partial charge in [-0.05, 0) is 37.5 Å². The van der Waals surface area contributed by atoms with Crippen molar-refractivity contribution in [2.45, 2.75) is 45.2 Å². The molecule has 2 nitrogen and oxygen atoms in total. The van der Waals surface area contributed by atoms with Crippen LogP contribution in [0.5, 0.6) is 0 Å². The molecule has 2 rings (SSSR count). The lowest BCUT2D eigenvalue weighted by Gasteiger charge is -2.31. The van der Waals surface area contributed by atoms with Gasteiger partial charge in [-0.25, -0.2) is 0 Å². The third-order valence-electron chi connectivity index (χ3n) is 3.63. The van der Waals surface area contributed by atoms with Crippen molar-refractivity contribution >= 4 is 17.3 Å². The molecule has 1 heterocycles. The van der Waals surface area contributed by atoms with Gasteiger partial charge in [0.2, 0.25) is 0 Å². The summed E-state index contributed by atoms with van der Waals surface area (Å²) < 4.78 is 0. The van der Waals surface area contributed by atoms with Crippen molar-refractivity contribution in [3.63, 3.8) is 0 Å². The minimum atomic E-state index is 0.579. The summed E-state index contributed by atoms with van der Waals surface area (Å²) >= 11 is 6.11. The van der Waals surface area contributed by atoms with Crippen LogP contribution in [0.3, 0.4) is 0 Å². The maximum absolute atomic E-state index is 6.11. The molecule has 0 aromatic heterocycles. The van der Waals surface area contributed by atoms with E-state index in [0.29, 0.717) is 12.6 Å². The van der Waals surface area contributed by atoms with Crippen molar-refractivity contribution in [1.29, 1.82) is 0 Å². The second-order valence-electron chi connectivity index (χ2n) is 4.87. The number of rotatable bonds is 2. The first-order chi connectivity index (χ1) is 8.22. The Morgan fingerprint density at radius 1 is 1.35 bits per heavy atom. The van der Waals surface area contributed by atoms with Gasteiger partial charge < -0.3 is 10.6 Å². The summed E-state index contributed by atoms with van der Waals surface area (Å²) in [6, 6.07) is 6.62. The van der Waals surface area contributed by atoms with Gasteiger partial charge >= 0.3 is 0 Å². The molecule has 17 heavy (non-hydrogen) atoms. The second-order valence-corrected chi connectivity index (χ2v) is 5.31. The van der Waals surface area contributed by atoms with Crippen LogP contribution in [-0.2, 0) is 6.54 Å². The molecule has 0 aliphatic carbocycles. The van der Waals surface area contributed by atoms with Gasteiger partial charge in [0.1, 0.15) is 0 Å². The summed E-state index contributed by atoms with van der Waals surface area (Å²) in [6.07, 6.45) is 5.19. The molecule has 1 saturated heterocycles. The molecule has 94 valence electrons. The summed E-state index contributed by atoms with van der Waals surface area (Å²) in [6.45, 7) is 4.00. The number of benzene rings is 1. The van der Waals surface area contributed by atoms with Crippen LogP contribution in [-0.4, -0.2) is 12.6 Å². The monoisotopic (exact) mass is 252 g/mol. The van der Waals surface area contributed by atoms with E-state index in [1.54, 1.807) is 0 Å². The first-order valence-corrected chi connectivity index (χ1v) is 6.85. The summed E-state index contributed by atoms with van der Waals surface area (Å²) in [5, 5.41) is 0.800. The number of nitrogens with two attached hydrogens (primary N) is 1. The molecule has 1 atom stereocenters. The molecule has 1 aromatic rings. The minimum Gasteiger partial charge on any atom is -0.369 e. The van der Waals surface area contributed by atoms with Crippen molar-refractivity contribution in [1.82, 2.24) is 0 Å². The highest BCUT2D eigenvalue weighted by Crippen LogP contribution is 2.29. The molecule has 2 N–H and O–H groups in total. The first kappa shape index (κ1) is 12.7. The second kappa shape index (κ2) is 5.74. The fourth-order valence-electron chi connectivity index (χ4n) is 2.61. The standard InChI is InChI=1S/C14H21ClN2/c1-11-5-3-2-4-8-17(11)14-9-13(15)7-6-12(14)10-16/h6-7,9,11H,2-5,8,10,16H2,1H3. The highest BCUT2D eigenvalue weighted by Gasteiger charge is 2.19. The average Bonchev–Trinajstić information content (AvgIpc) is 2.54. The number of nitrogens with zero attached hydrogens (tertiary/aromatic N) is 1. The van der Waals surface area contributed by atoms with E-state index >= 15 is 0 Å². The summed E-state index contributed by atoms with van der Waals surface area (Å²) in [5.41, 5.74) is 8.25. The Morgan fingerprint density at radius 2 is 2.18 bits per heavy atom. The number of hydrogen-bond donors (Lipinski definition) is 1. The largest absolute Gasteiger partial charge is 0.369 e. The normalized spacial score (nSPS) is 21.4. The van der Waals surface area contributed by atoms with Gasteiger partial charge in [-0.15, -0.1) is 0 Å². The Kier molecular flexibility index (Phi) is 4.30. The zero-order valence-corrected chi connectivity index (χ0v) is 11.2. The van der Waals surface area contributed by atoms with Crippen LogP contribution in [0.1, 0.15) is 38.2 Å². The van der Waals surface area contributed by atoms with E-state index in [1.165, 1.54) is 36.9 Å². The fourth-order valence-corrected chi connectivity index (χ4v) is 2.78. The average molecular weight is 253 g/mol. The smallest absolute Gasteiger partial charge is 0.0429 e. The molecule has 0 amide bonds. The van der Waals surface area contributed by atoms with E-state index in [1.807, 2.05) is 6.07 Å². The third-order valence-corrected chi connectivity index (χ3v) is 3.86. The Balaban J connectivity index is 2.32. The van der Waals surface area contributed by atoms with Crippen LogP contribution in [0.15, 0.2) is 18.2 Å². The molecular formula is C14H21ClN2. The highest BCUT2D eigenvalue weighted by molar-refractivity contribution is 6.30. The zero-order chi connectivity index (χ0) is 12.3. The predicted molar refractivity (Wildman–Crippen MR) is 74.6 cm³/mol. The van der Waals surface area contributed by atoms with Crippen molar-refractivity contribution in [2.24, 2.45) is 5.73 Å². The van der Waals surface area contributed by atoms with Gasteiger partial charge in [-0.1, -0.05) is 30.5 Å². The quantitative estimate of drug-likeness (QED) is 0.872. The van der Waals surface area contributed by atoms with Crippen LogP contribution in [0.25, 0.3) is 0 Å². The molecule has 1 unspecified atom stereocenters. The van der Waals surface area contributed by atoms with E-state index in [4.69, 9.17) is 17.3 Å². The van der Waals surface area contributed by atoms with E-state index < -0.39 is 0 Å². The molecule has 0 bridgehead atoms. The lowest BCUT2D eigenvalue weighted by Crippen LogP contribution is -2.33. The van der Waals surface area contributed by atoms with E-state index in [9.17, 15) is 0 Å². The first-order valence-electron chi connectivity index (χ1n) is 6.47. The van der Waals surface area contributed by atoms with Crippen LogP contribution < -0.4 is 10.6 Å². The van der Waals surface area contributed by atoms with Gasteiger partial charge in [0.15, 0.2) is 0 Å². The van der Waals surface area contributed by atoms with Gasteiger partial charge in [0, 0.05) is 29.8 Å². The van der Waals surface area contributed by atoms with Gasteiger partial charge in [-0.2, -0.15) is 0 Å². The molecule has 1 fully saturated rings. The van der Waals surface area contributed by atoms with E-state index in [0.717, 1.165) is 11.6 Å². The third kappa shape index (κ3) is 2.93. The molecule has 0 radical (unpaired) electrons. The Hall–Kier alpha value is -0.730. The van der Waals surface area contributed by atoms with Crippen molar-refractivity contribution < 1.29 is 0 Å². The SMILES string of the molecule is CC1CCCCCN1c1cc(Cl)ccc1CN. The Bertz CT molecular complexity index is 378. The Morgan fingerprint density at radius 3 is 2.94 bits per heavy atom. The van der Waals surface area contributed by atoms with Crippen molar-refractivity contribution in [3.8, 4) is 0 Å². The van der Waals surface area contributed by atoms with Crippen LogP contribution in [0.4, 0.5) is 5.69 Å². The van der Waals surface area contributed by atoms with E-state index in [2.05, 4.69) is 24.0 Å². The lowest BCUT2D eigenvalue weighted by molar-refractivity contribution is 0.614. The summed E-state index contributed by atoms with van der Waals surface area (Å²) in [4.78, 5) is 2.47. The highest BCUT2D eigenvalue weighted by atomic mass is 35.5. The van der Waals surface area contributed by atoms with Crippen molar-refractivity contribution in [3.05, 3.63) is 28.8 Å². The van der Waals surface area contributed by atoms with Gasteiger partial charge in [0.25, 0.3) is 0 Å². The summed E-state index contributed by atoms with van der Waals surface area (Å²) in [5.74, 6) is 0.